The van der Waals surface area contributed by atoms with Crippen LogP contribution in [0.15, 0.2) is 12.2 Å². The average molecular weight is 284 g/mol. The first-order valence-electron chi connectivity index (χ1n) is 7.09. The van der Waals surface area contributed by atoms with Crippen LogP contribution in [0.2, 0.25) is 0 Å². The molecular formula is C15H24O5. The second-order valence-corrected chi connectivity index (χ2v) is 4.77. The summed E-state index contributed by atoms with van der Waals surface area (Å²) in [6.07, 6.45) is 7.20. The van der Waals surface area contributed by atoms with Crippen LogP contribution in [0.4, 0.5) is 0 Å². The van der Waals surface area contributed by atoms with Crippen LogP contribution in [0.1, 0.15) is 52.4 Å². The molecule has 0 spiro atoms. The van der Waals surface area contributed by atoms with Crippen LogP contribution in [-0.4, -0.2) is 29.4 Å². The summed E-state index contributed by atoms with van der Waals surface area (Å²) in [5.74, 6) is -1.62. The Kier molecular flexibility index (Phi) is 10.3. The molecule has 0 amide bonds. The molecule has 0 bridgehead atoms. The van der Waals surface area contributed by atoms with Crippen molar-refractivity contribution in [3.63, 3.8) is 0 Å². The molecular weight excluding hydrogens is 260 g/mol. The summed E-state index contributed by atoms with van der Waals surface area (Å²) < 4.78 is 4.66. The molecule has 5 nitrogen and oxygen atoms in total. The van der Waals surface area contributed by atoms with Crippen molar-refractivity contribution in [1.82, 2.24) is 0 Å². The maximum atomic E-state index is 11.6. The van der Waals surface area contributed by atoms with Gasteiger partial charge in [-0.1, -0.05) is 39.5 Å². The molecule has 1 unspecified atom stereocenters. The number of carbonyl (C=O) groups is 3. The summed E-state index contributed by atoms with van der Waals surface area (Å²) in [6.45, 7) is 3.97. The fourth-order valence-electron chi connectivity index (χ4n) is 1.82. The molecule has 0 aliphatic carbocycles. The van der Waals surface area contributed by atoms with E-state index in [1.165, 1.54) is 6.42 Å². The SMILES string of the molecule is CCCCC(CC)CCC(=O)COC(=O)/C=C/C(=O)O. The quantitative estimate of drug-likeness (QED) is 0.466. The third-order valence-corrected chi connectivity index (χ3v) is 3.11. The van der Waals surface area contributed by atoms with Gasteiger partial charge in [0, 0.05) is 18.6 Å². The van der Waals surface area contributed by atoms with E-state index in [2.05, 4.69) is 18.6 Å². The van der Waals surface area contributed by atoms with E-state index >= 15 is 0 Å². The molecule has 114 valence electrons. The molecule has 1 N–H and O–H groups in total. The van der Waals surface area contributed by atoms with Crippen LogP contribution in [0.5, 0.6) is 0 Å². The molecule has 0 aromatic heterocycles. The van der Waals surface area contributed by atoms with Gasteiger partial charge in [0.2, 0.25) is 0 Å². The fraction of sp³-hybridized carbons (Fsp3) is 0.667. The van der Waals surface area contributed by atoms with E-state index in [4.69, 9.17) is 5.11 Å². The van der Waals surface area contributed by atoms with Crippen molar-refractivity contribution in [2.75, 3.05) is 6.61 Å². The van der Waals surface area contributed by atoms with Crippen LogP contribution < -0.4 is 0 Å². The summed E-state index contributed by atoms with van der Waals surface area (Å²) in [5.41, 5.74) is 0. The van der Waals surface area contributed by atoms with Crippen LogP contribution in [0, 0.1) is 5.92 Å². The highest BCUT2D eigenvalue weighted by atomic mass is 16.5. The highest BCUT2D eigenvalue weighted by Gasteiger charge is 2.10. The number of esters is 1. The zero-order valence-corrected chi connectivity index (χ0v) is 12.3. The van der Waals surface area contributed by atoms with E-state index in [9.17, 15) is 14.4 Å². The Morgan fingerprint density at radius 1 is 1.15 bits per heavy atom. The van der Waals surface area contributed by atoms with Gasteiger partial charge in [-0.3, -0.25) is 4.79 Å². The number of carboxylic acid groups (broad SMARTS) is 1. The highest BCUT2D eigenvalue weighted by molar-refractivity contribution is 5.92. The lowest BCUT2D eigenvalue weighted by atomic mass is 9.93. The summed E-state index contributed by atoms with van der Waals surface area (Å²) in [5, 5.41) is 8.32. The molecule has 0 heterocycles. The molecule has 0 radical (unpaired) electrons. The number of ether oxygens (including phenoxy) is 1. The first kappa shape index (κ1) is 18.4. The Bertz CT molecular complexity index is 346. The number of rotatable bonds is 11. The van der Waals surface area contributed by atoms with E-state index < -0.39 is 11.9 Å². The maximum absolute atomic E-state index is 11.6. The fourth-order valence-corrected chi connectivity index (χ4v) is 1.82. The van der Waals surface area contributed by atoms with Crippen molar-refractivity contribution in [3.8, 4) is 0 Å². The van der Waals surface area contributed by atoms with Crippen molar-refractivity contribution in [1.29, 1.82) is 0 Å². The Labute approximate surface area is 120 Å². The average Bonchev–Trinajstić information content (AvgIpc) is 2.43. The molecule has 0 aromatic rings. The van der Waals surface area contributed by atoms with Crippen molar-refractivity contribution < 1.29 is 24.2 Å². The van der Waals surface area contributed by atoms with E-state index in [-0.39, 0.29) is 12.4 Å². The molecule has 0 rings (SSSR count). The van der Waals surface area contributed by atoms with E-state index in [1.54, 1.807) is 0 Å². The standard InChI is InChI=1S/C15H24O5/c1-3-5-6-12(4-2)7-8-13(16)11-20-15(19)10-9-14(17)18/h9-10,12H,3-8,11H2,1-2H3,(H,17,18)/b10-9+. The van der Waals surface area contributed by atoms with Gasteiger partial charge in [-0.15, -0.1) is 0 Å². The monoisotopic (exact) mass is 284 g/mol. The minimum absolute atomic E-state index is 0.128. The first-order chi connectivity index (χ1) is 9.49. The Morgan fingerprint density at radius 2 is 1.85 bits per heavy atom. The predicted molar refractivity (Wildman–Crippen MR) is 75.3 cm³/mol. The summed E-state index contributed by atoms with van der Waals surface area (Å²) in [7, 11) is 0. The largest absolute Gasteiger partial charge is 0.478 e. The van der Waals surface area contributed by atoms with Gasteiger partial charge in [0.25, 0.3) is 0 Å². The van der Waals surface area contributed by atoms with E-state index in [0.717, 1.165) is 31.8 Å². The summed E-state index contributed by atoms with van der Waals surface area (Å²) >= 11 is 0. The van der Waals surface area contributed by atoms with Gasteiger partial charge < -0.3 is 9.84 Å². The zero-order chi connectivity index (χ0) is 15.4. The topological polar surface area (TPSA) is 80.7 Å². The van der Waals surface area contributed by atoms with Crippen molar-refractivity contribution in [3.05, 3.63) is 12.2 Å². The van der Waals surface area contributed by atoms with E-state index in [1.807, 2.05) is 0 Å². The molecule has 0 saturated heterocycles. The third kappa shape index (κ3) is 10.3. The molecule has 0 saturated carbocycles. The molecule has 1 atom stereocenters. The van der Waals surface area contributed by atoms with Gasteiger partial charge in [-0.25, -0.2) is 9.59 Å². The molecule has 0 aromatic carbocycles. The molecule has 0 aliphatic rings. The smallest absolute Gasteiger partial charge is 0.331 e. The molecule has 20 heavy (non-hydrogen) atoms. The van der Waals surface area contributed by atoms with Crippen LogP contribution in [-0.2, 0) is 19.1 Å². The second-order valence-electron chi connectivity index (χ2n) is 4.77. The lowest BCUT2D eigenvalue weighted by molar-refractivity contribution is -0.143. The van der Waals surface area contributed by atoms with Crippen LogP contribution >= 0.6 is 0 Å². The number of hydrogen-bond acceptors (Lipinski definition) is 4. The Morgan fingerprint density at radius 3 is 2.40 bits per heavy atom. The molecule has 0 aliphatic heterocycles. The number of Topliss-reactive ketones (excluding diaryl/α,β-unsaturated/α-hetero) is 1. The molecule has 0 fully saturated rings. The first-order valence-corrected chi connectivity index (χ1v) is 7.09. The van der Waals surface area contributed by atoms with Crippen molar-refractivity contribution in [2.24, 2.45) is 5.92 Å². The number of carbonyl (C=O) groups excluding carboxylic acids is 2. The van der Waals surface area contributed by atoms with Crippen molar-refractivity contribution in [2.45, 2.75) is 52.4 Å². The van der Waals surface area contributed by atoms with Gasteiger partial charge in [0.1, 0.15) is 6.61 Å². The summed E-state index contributed by atoms with van der Waals surface area (Å²) in [6, 6.07) is 0. The number of carboxylic acids is 1. The highest BCUT2D eigenvalue weighted by Crippen LogP contribution is 2.18. The third-order valence-electron chi connectivity index (χ3n) is 3.11. The van der Waals surface area contributed by atoms with Crippen LogP contribution in [0.25, 0.3) is 0 Å². The number of unbranched alkanes of at least 4 members (excludes halogenated alkanes) is 1. The predicted octanol–water partition coefficient (Wildman–Crippen LogP) is 2.74. The zero-order valence-electron chi connectivity index (χ0n) is 12.3. The van der Waals surface area contributed by atoms with Gasteiger partial charge in [-0.2, -0.15) is 0 Å². The Balaban J connectivity index is 3.87. The summed E-state index contributed by atoms with van der Waals surface area (Å²) in [4.78, 5) is 32.8. The minimum Gasteiger partial charge on any atom is -0.478 e. The number of aliphatic carboxylic acids is 1. The van der Waals surface area contributed by atoms with Gasteiger partial charge in [0.15, 0.2) is 5.78 Å². The minimum atomic E-state index is -1.23. The lowest BCUT2D eigenvalue weighted by Crippen LogP contribution is -2.14. The van der Waals surface area contributed by atoms with Crippen molar-refractivity contribution >= 4 is 17.7 Å². The van der Waals surface area contributed by atoms with Gasteiger partial charge in [0.05, 0.1) is 0 Å². The second kappa shape index (κ2) is 11.2. The maximum Gasteiger partial charge on any atom is 0.331 e. The van der Waals surface area contributed by atoms with Gasteiger partial charge >= 0.3 is 11.9 Å². The van der Waals surface area contributed by atoms with Gasteiger partial charge in [-0.05, 0) is 12.3 Å². The molecule has 5 heteroatoms. The van der Waals surface area contributed by atoms with E-state index in [0.29, 0.717) is 18.4 Å². The lowest BCUT2D eigenvalue weighted by Gasteiger charge is -2.13. The van der Waals surface area contributed by atoms with Crippen LogP contribution in [0.3, 0.4) is 0 Å². The Hall–Kier alpha value is -1.65. The number of hydrogen-bond donors (Lipinski definition) is 1. The normalized spacial score (nSPS) is 12.3. The number of ketones is 1.